The first-order valence-corrected chi connectivity index (χ1v) is 8.83. The number of rotatable bonds is 3. The Balaban J connectivity index is 1.55. The quantitative estimate of drug-likeness (QED) is 0.939. The number of carbonyl (C=O) groups is 1. The van der Waals surface area contributed by atoms with Gasteiger partial charge in [0.2, 0.25) is 0 Å². The standard InChI is InChI=1S/C17H17N3OS/c21-17-12-3-1-2-4-13(12)18-15(20(17)11-7-8-11)14-9-22-16(19-14)10-5-6-10/h1-4,9-11,15,18H,5-8H2/t15-/m0/s1. The predicted octanol–water partition coefficient (Wildman–Crippen LogP) is 3.75. The van der Waals surface area contributed by atoms with Crippen LogP contribution in [0.1, 0.15) is 58.8 Å². The van der Waals surface area contributed by atoms with Crippen molar-refractivity contribution in [1.29, 1.82) is 0 Å². The third-order valence-corrected chi connectivity index (χ3v) is 5.67. The molecule has 5 rings (SSSR count). The molecule has 5 heteroatoms. The van der Waals surface area contributed by atoms with E-state index in [1.807, 2.05) is 29.2 Å². The number of hydrogen-bond acceptors (Lipinski definition) is 4. The van der Waals surface area contributed by atoms with E-state index < -0.39 is 0 Å². The zero-order valence-electron chi connectivity index (χ0n) is 12.2. The van der Waals surface area contributed by atoms with E-state index in [9.17, 15) is 4.79 Å². The number of amides is 1. The molecule has 22 heavy (non-hydrogen) atoms. The lowest BCUT2D eigenvalue weighted by atomic mass is 10.1. The third-order valence-electron chi connectivity index (χ3n) is 4.65. The summed E-state index contributed by atoms with van der Waals surface area (Å²) in [5, 5.41) is 6.90. The Kier molecular flexibility index (Phi) is 2.62. The van der Waals surface area contributed by atoms with Crippen molar-refractivity contribution in [2.45, 2.75) is 43.8 Å². The summed E-state index contributed by atoms with van der Waals surface area (Å²) >= 11 is 1.74. The van der Waals surface area contributed by atoms with Gasteiger partial charge in [-0.3, -0.25) is 4.79 Å². The summed E-state index contributed by atoms with van der Waals surface area (Å²) in [6.07, 6.45) is 4.62. The highest BCUT2D eigenvalue weighted by atomic mass is 32.1. The van der Waals surface area contributed by atoms with Crippen LogP contribution in [0.4, 0.5) is 5.69 Å². The van der Waals surface area contributed by atoms with E-state index in [1.165, 1.54) is 17.8 Å². The van der Waals surface area contributed by atoms with Crippen LogP contribution in [-0.2, 0) is 0 Å². The zero-order valence-corrected chi connectivity index (χ0v) is 13.0. The van der Waals surface area contributed by atoms with Gasteiger partial charge in [-0.25, -0.2) is 4.98 Å². The van der Waals surface area contributed by atoms with Crippen LogP contribution in [0.2, 0.25) is 0 Å². The Morgan fingerprint density at radius 3 is 2.77 bits per heavy atom. The summed E-state index contributed by atoms with van der Waals surface area (Å²) in [7, 11) is 0. The number of anilines is 1. The van der Waals surface area contributed by atoms with Crippen molar-refractivity contribution in [2.24, 2.45) is 0 Å². The number of para-hydroxylation sites is 1. The number of thiazole rings is 1. The first-order valence-electron chi connectivity index (χ1n) is 7.95. The zero-order chi connectivity index (χ0) is 14.7. The van der Waals surface area contributed by atoms with Gasteiger partial charge < -0.3 is 10.2 Å². The first kappa shape index (κ1) is 12.6. The fourth-order valence-corrected chi connectivity index (χ4v) is 4.17. The minimum atomic E-state index is -0.112. The molecule has 112 valence electrons. The average molecular weight is 311 g/mol. The summed E-state index contributed by atoms with van der Waals surface area (Å²) in [5.74, 6) is 0.808. The molecule has 1 N–H and O–H groups in total. The van der Waals surface area contributed by atoms with Gasteiger partial charge in [0, 0.05) is 23.0 Å². The van der Waals surface area contributed by atoms with Crippen LogP contribution in [0.3, 0.4) is 0 Å². The first-order chi connectivity index (χ1) is 10.8. The second kappa shape index (κ2) is 4.56. The topological polar surface area (TPSA) is 45.2 Å². The molecule has 0 saturated heterocycles. The van der Waals surface area contributed by atoms with Gasteiger partial charge >= 0.3 is 0 Å². The van der Waals surface area contributed by atoms with Crippen molar-refractivity contribution in [3.05, 3.63) is 45.9 Å². The van der Waals surface area contributed by atoms with Gasteiger partial charge in [-0.1, -0.05) is 12.1 Å². The smallest absolute Gasteiger partial charge is 0.258 e. The molecule has 2 fully saturated rings. The molecule has 2 heterocycles. The molecule has 1 aromatic carbocycles. The number of nitrogens with zero attached hydrogens (tertiary/aromatic N) is 2. The lowest BCUT2D eigenvalue weighted by Crippen LogP contribution is -2.44. The minimum Gasteiger partial charge on any atom is -0.359 e. The Morgan fingerprint density at radius 1 is 1.18 bits per heavy atom. The highest BCUT2D eigenvalue weighted by Crippen LogP contribution is 2.44. The molecule has 1 aliphatic heterocycles. The average Bonchev–Trinajstić information content (AvgIpc) is 3.47. The van der Waals surface area contributed by atoms with Crippen LogP contribution in [0.15, 0.2) is 29.6 Å². The number of aromatic nitrogens is 1. The lowest BCUT2D eigenvalue weighted by Gasteiger charge is -2.37. The predicted molar refractivity (Wildman–Crippen MR) is 86.1 cm³/mol. The molecule has 0 spiro atoms. The molecule has 1 atom stereocenters. The highest BCUT2D eigenvalue weighted by Gasteiger charge is 2.43. The molecule has 2 saturated carbocycles. The van der Waals surface area contributed by atoms with Crippen molar-refractivity contribution in [3.8, 4) is 0 Å². The summed E-state index contributed by atoms with van der Waals surface area (Å²) in [5.41, 5.74) is 2.71. The van der Waals surface area contributed by atoms with E-state index in [2.05, 4.69) is 10.7 Å². The number of nitrogens with one attached hydrogen (secondary N) is 1. The van der Waals surface area contributed by atoms with E-state index >= 15 is 0 Å². The van der Waals surface area contributed by atoms with Crippen molar-refractivity contribution in [3.63, 3.8) is 0 Å². The van der Waals surface area contributed by atoms with Crippen LogP contribution < -0.4 is 5.32 Å². The summed E-state index contributed by atoms with van der Waals surface area (Å²) in [4.78, 5) is 19.7. The van der Waals surface area contributed by atoms with Gasteiger partial charge in [0.1, 0.15) is 6.17 Å². The van der Waals surface area contributed by atoms with Crippen LogP contribution in [-0.4, -0.2) is 21.8 Å². The summed E-state index contributed by atoms with van der Waals surface area (Å²) in [6.45, 7) is 0. The van der Waals surface area contributed by atoms with Gasteiger partial charge in [0.15, 0.2) is 0 Å². The highest BCUT2D eigenvalue weighted by molar-refractivity contribution is 7.09. The fourth-order valence-electron chi connectivity index (χ4n) is 3.16. The van der Waals surface area contributed by atoms with Gasteiger partial charge in [-0.2, -0.15) is 0 Å². The summed E-state index contributed by atoms with van der Waals surface area (Å²) < 4.78 is 0. The lowest BCUT2D eigenvalue weighted by molar-refractivity contribution is 0.0663. The Labute approximate surface area is 133 Å². The molecule has 4 nitrogen and oxygen atoms in total. The maximum atomic E-state index is 12.9. The molecule has 0 bridgehead atoms. The van der Waals surface area contributed by atoms with E-state index in [4.69, 9.17) is 4.98 Å². The van der Waals surface area contributed by atoms with Crippen LogP contribution >= 0.6 is 11.3 Å². The van der Waals surface area contributed by atoms with Gasteiger partial charge in [0.05, 0.1) is 16.3 Å². The molecule has 3 aliphatic rings. The summed E-state index contributed by atoms with van der Waals surface area (Å²) in [6, 6.07) is 8.16. The number of carbonyl (C=O) groups excluding carboxylic acids is 1. The van der Waals surface area contributed by atoms with E-state index in [0.29, 0.717) is 12.0 Å². The van der Waals surface area contributed by atoms with Gasteiger partial charge in [-0.05, 0) is 37.8 Å². The normalized spacial score (nSPS) is 24.1. The second-order valence-electron chi connectivity index (χ2n) is 6.42. The Morgan fingerprint density at radius 2 is 2.00 bits per heavy atom. The van der Waals surface area contributed by atoms with E-state index in [-0.39, 0.29) is 12.1 Å². The van der Waals surface area contributed by atoms with Crippen LogP contribution in [0.5, 0.6) is 0 Å². The second-order valence-corrected chi connectivity index (χ2v) is 7.31. The number of benzene rings is 1. The van der Waals surface area contributed by atoms with Gasteiger partial charge in [0.25, 0.3) is 5.91 Å². The minimum absolute atomic E-state index is 0.112. The Bertz CT molecular complexity index is 748. The van der Waals surface area contributed by atoms with Crippen molar-refractivity contribution in [2.75, 3.05) is 5.32 Å². The number of hydrogen-bond donors (Lipinski definition) is 1. The van der Waals surface area contributed by atoms with Crippen LogP contribution in [0.25, 0.3) is 0 Å². The van der Waals surface area contributed by atoms with Crippen molar-refractivity contribution < 1.29 is 4.79 Å². The van der Waals surface area contributed by atoms with Crippen LogP contribution in [0, 0.1) is 0 Å². The molecule has 0 unspecified atom stereocenters. The van der Waals surface area contributed by atoms with Crippen molar-refractivity contribution >= 4 is 22.9 Å². The third kappa shape index (κ3) is 1.96. The number of fused-ring (bicyclic) bond motifs is 1. The molecule has 2 aliphatic carbocycles. The maximum absolute atomic E-state index is 12.9. The Hall–Kier alpha value is -1.88. The molecule has 2 aromatic rings. The monoisotopic (exact) mass is 311 g/mol. The molecule has 0 radical (unpaired) electrons. The van der Waals surface area contributed by atoms with Gasteiger partial charge in [-0.15, -0.1) is 11.3 Å². The molecule has 1 amide bonds. The van der Waals surface area contributed by atoms with E-state index in [1.54, 1.807) is 11.3 Å². The fraction of sp³-hybridized carbons (Fsp3) is 0.412. The van der Waals surface area contributed by atoms with E-state index in [0.717, 1.165) is 29.8 Å². The maximum Gasteiger partial charge on any atom is 0.258 e. The largest absolute Gasteiger partial charge is 0.359 e. The van der Waals surface area contributed by atoms with Crippen molar-refractivity contribution in [1.82, 2.24) is 9.88 Å². The SMILES string of the molecule is O=C1c2ccccc2N[C@H](c2csc(C3CC3)n2)N1C1CC1. The molecule has 1 aromatic heterocycles. The molecular weight excluding hydrogens is 294 g/mol. The molecular formula is C17H17N3OS.